The van der Waals surface area contributed by atoms with Crippen LogP contribution >= 0.6 is 12.4 Å². The van der Waals surface area contributed by atoms with Crippen molar-refractivity contribution in [2.75, 3.05) is 18.6 Å². The molecule has 2 aromatic carbocycles. The second-order valence-corrected chi connectivity index (χ2v) is 12.1. The molecule has 0 saturated heterocycles. The van der Waals surface area contributed by atoms with E-state index in [0.717, 1.165) is 33.7 Å². The molecule has 47 heavy (non-hydrogen) atoms. The van der Waals surface area contributed by atoms with Crippen LogP contribution in [-0.4, -0.2) is 62.7 Å². The fourth-order valence-corrected chi connectivity index (χ4v) is 5.45. The number of ether oxygens (including phenoxy) is 2. The molecule has 6 rings (SSSR count). The number of aromatic nitrogens is 3. The van der Waals surface area contributed by atoms with Gasteiger partial charge < -0.3 is 30.5 Å². The molecule has 0 spiro atoms. The number of carboxylic acids is 1. The number of fused-ring (bicyclic) bond motifs is 3. The first-order valence-corrected chi connectivity index (χ1v) is 14.7. The molecule has 4 aromatic rings. The fraction of sp³-hybridized carbons (Fsp3) is 0.333. The molecule has 0 bridgehead atoms. The fourth-order valence-electron chi connectivity index (χ4n) is 5.45. The minimum absolute atomic E-state index is 0. The summed E-state index contributed by atoms with van der Waals surface area (Å²) in [6.45, 7) is 7.94. The number of likely N-dealkylation sites (N-methyl/N-ethyl adjacent to an activating group) is 1. The Morgan fingerprint density at radius 3 is 2.57 bits per heavy atom. The van der Waals surface area contributed by atoms with Crippen LogP contribution in [0.4, 0.5) is 5.69 Å². The Labute approximate surface area is 277 Å². The third-order valence-electron chi connectivity index (χ3n) is 7.77. The number of hydrogen-bond acceptors (Lipinski definition) is 9. The van der Waals surface area contributed by atoms with Crippen molar-refractivity contribution in [3.05, 3.63) is 87.9 Å². The largest absolute Gasteiger partial charge is 0.482 e. The first kappa shape index (κ1) is 34.9. The van der Waals surface area contributed by atoms with E-state index in [1.54, 1.807) is 18.0 Å². The lowest BCUT2D eigenvalue weighted by atomic mass is 9.97. The number of halogens is 1. The zero-order valence-electron chi connectivity index (χ0n) is 26.7. The maximum absolute atomic E-state index is 13.0. The second kappa shape index (κ2) is 13.8. The van der Waals surface area contributed by atoms with Gasteiger partial charge in [-0.25, -0.2) is 19.1 Å². The van der Waals surface area contributed by atoms with Gasteiger partial charge in [0.1, 0.15) is 17.0 Å². The van der Waals surface area contributed by atoms with Crippen molar-refractivity contribution >= 4 is 47.5 Å². The van der Waals surface area contributed by atoms with Gasteiger partial charge in [0, 0.05) is 25.7 Å². The first-order chi connectivity index (χ1) is 21.8. The third-order valence-corrected chi connectivity index (χ3v) is 7.77. The lowest BCUT2D eigenvalue weighted by molar-refractivity contribution is -0.121. The number of anilines is 1. The highest BCUT2D eigenvalue weighted by Crippen LogP contribution is 2.35. The lowest BCUT2D eigenvalue weighted by Crippen LogP contribution is -2.35. The number of carboxylic acid groups (broad SMARTS) is 1. The molecule has 2 amide bonds. The molecule has 0 unspecified atom stereocenters. The second-order valence-electron chi connectivity index (χ2n) is 12.1. The molecule has 14 heteroatoms. The Hall–Kier alpha value is -5.01. The van der Waals surface area contributed by atoms with E-state index in [1.807, 2.05) is 52.0 Å². The molecule has 3 heterocycles. The lowest BCUT2D eigenvalue weighted by Gasteiger charge is -2.26. The monoisotopic (exact) mass is 664 g/mol. The summed E-state index contributed by atoms with van der Waals surface area (Å²) in [4.78, 5) is 53.9. The first-order valence-electron chi connectivity index (χ1n) is 14.7. The van der Waals surface area contributed by atoms with Crippen molar-refractivity contribution in [3.8, 4) is 5.75 Å². The van der Waals surface area contributed by atoms with Gasteiger partial charge in [0.15, 0.2) is 17.9 Å². The van der Waals surface area contributed by atoms with Gasteiger partial charge in [-0.3, -0.25) is 9.59 Å². The summed E-state index contributed by atoms with van der Waals surface area (Å²) < 4.78 is 12.1. The van der Waals surface area contributed by atoms with Crippen LogP contribution in [0.5, 0.6) is 5.75 Å². The number of carbonyl (C=O) groups is 4. The van der Waals surface area contributed by atoms with Crippen LogP contribution in [-0.2, 0) is 22.5 Å². The Bertz CT molecular complexity index is 1870. The molecular formula is C33H37ClN6O7. The molecule has 2 aliphatic rings. The molecule has 1 aliphatic heterocycles. The highest BCUT2D eigenvalue weighted by atomic mass is 35.5. The van der Waals surface area contributed by atoms with Crippen LogP contribution in [0, 0.1) is 6.92 Å². The van der Waals surface area contributed by atoms with Crippen molar-refractivity contribution < 1.29 is 33.8 Å². The van der Waals surface area contributed by atoms with Gasteiger partial charge in [-0.05, 0) is 81.0 Å². The van der Waals surface area contributed by atoms with Gasteiger partial charge in [-0.2, -0.15) is 5.10 Å². The van der Waals surface area contributed by atoms with Crippen molar-refractivity contribution in [2.24, 2.45) is 5.73 Å². The Kier molecular flexibility index (Phi) is 10.2. The molecule has 0 radical (unpaired) electrons. The quantitative estimate of drug-likeness (QED) is 0.264. The topological polar surface area (TPSA) is 178 Å². The number of hydrogen-bond donors (Lipinski definition) is 3. The van der Waals surface area contributed by atoms with Gasteiger partial charge >= 0.3 is 11.9 Å². The van der Waals surface area contributed by atoms with E-state index in [9.17, 15) is 24.3 Å². The predicted octanol–water partition coefficient (Wildman–Crippen LogP) is 4.03. The molecular weight excluding hydrogens is 628 g/mol. The van der Waals surface area contributed by atoms with E-state index >= 15 is 0 Å². The Balaban J connectivity index is 0.000000279. The van der Waals surface area contributed by atoms with Crippen molar-refractivity contribution in [1.29, 1.82) is 0 Å². The minimum atomic E-state index is -1.22. The minimum Gasteiger partial charge on any atom is -0.482 e. The smallest absolute Gasteiger partial charge is 0.354 e. The summed E-state index contributed by atoms with van der Waals surface area (Å²) in [6, 6.07) is 11.7. The summed E-state index contributed by atoms with van der Waals surface area (Å²) >= 11 is 0. The van der Waals surface area contributed by atoms with Crippen molar-refractivity contribution in [1.82, 2.24) is 19.9 Å². The van der Waals surface area contributed by atoms with Gasteiger partial charge in [0.25, 0.3) is 11.8 Å². The predicted molar refractivity (Wildman–Crippen MR) is 175 cm³/mol. The number of amides is 2. The van der Waals surface area contributed by atoms with Crippen LogP contribution in [0.15, 0.2) is 48.7 Å². The average Bonchev–Trinajstić information content (AvgIpc) is 3.65. The van der Waals surface area contributed by atoms with E-state index in [0.29, 0.717) is 24.9 Å². The number of nitrogens with one attached hydrogen (secondary N) is 1. The molecule has 248 valence electrons. The summed E-state index contributed by atoms with van der Waals surface area (Å²) in [5.41, 5.74) is 10.2. The number of benzene rings is 2. The average molecular weight is 665 g/mol. The molecule has 0 saturated carbocycles. The number of nitrogens with zero attached hydrogens (tertiary/aromatic N) is 4. The maximum Gasteiger partial charge on any atom is 0.354 e. The highest BCUT2D eigenvalue weighted by molar-refractivity contribution is 5.98. The van der Waals surface area contributed by atoms with Crippen LogP contribution in [0.25, 0.3) is 5.65 Å². The molecule has 1 aliphatic carbocycles. The number of nitrogens with two attached hydrogens (primary N) is 1. The number of rotatable bonds is 5. The van der Waals surface area contributed by atoms with Gasteiger partial charge in [-0.1, -0.05) is 12.1 Å². The highest BCUT2D eigenvalue weighted by Gasteiger charge is 2.30. The zero-order valence-corrected chi connectivity index (χ0v) is 27.5. The molecule has 0 fully saturated rings. The summed E-state index contributed by atoms with van der Waals surface area (Å²) in [6.07, 6.45) is 2.83. The summed E-state index contributed by atoms with van der Waals surface area (Å²) in [5, 5.41) is 16.4. The van der Waals surface area contributed by atoms with Gasteiger partial charge in [-0.15, -0.1) is 12.4 Å². The van der Waals surface area contributed by atoms with E-state index in [-0.39, 0.29) is 54.0 Å². The Morgan fingerprint density at radius 2 is 1.89 bits per heavy atom. The van der Waals surface area contributed by atoms with E-state index in [4.69, 9.17) is 15.2 Å². The summed E-state index contributed by atoms with van der Waals surface area (Å²) in [7, 11) is 1.74. The van der Waals surface area contributed by atoms with Crippen molar-refractivity contribution in [3.63, 3.8) is 0 Å². The number of aromatic carboxylic acids is 1. The van der Waals surface area contributed by atoms with E-state index in [1.165, 1.54) is 22.8 Å². The van der Waals surface area contributed by atoms with E-state index < -0.39 is 17.5 Å². The standard InChI is InChI=1S/C23H24N4O5.C10H12N2O2.ClH/c1-12-13-7-8-16(15(13)6-5-14(12)22(31)32-23(2,3)4)26-20(28)18-11-17(21(29)30)25-19-9-10-24-27(18)19;1-12-8-4-7(5-11)2-3-9(8)14-6-10(12)13;/h5-6,9-11,16H,7-8H2,1-4H3,(H,26,28)(H,29,30);2-4H,5-6,11H2,1H3;1H/t16-;;/m0../s1. The Morgan fingerprint density at radius 1 is 1.15 bits per heavy atom. The van der Waals surface area contributed by atoms with Crippen molar-refractivity contribution in [2.45, 2.75) is 58.7 Å². The maximum atomic E-state index is 13.0. The van der Waals surface area contributed by atoms with Gasteiger partial charge in [0.2, 0.25) is 0 Å². The van der Waals surface area contributed by atoms with Gasteiger partial charge in [0.05, 0.1) is 23.5 Å². The zero-order chi connectivity index (χ0) is 33.3. The number of esters is 1. The van der Waals surface area contributed by atoms with Crippen LogP contribution < -0.4 is 20.7 Å². The molecule has 13 nitrogen and oxygen atoms in total. The summed E-state index contributed by atoms with van der Waals surface area (Å²) in [5.74, 6) is -1.34. The van der Waals surface area contributed by atoms with Crippen LogP contribution in [0.1, 0.15) is 86.8 Å². The third kappa shape index (κ3) is 7.36. The van der Waals surface area contributed by atoms with E-state index in [2.05, 4.69) is 15.4 Å². The molecule has 1 atom stereocenters. The molecule has 4 N–H and O–H groups in total. The van der Waals surface area contributed by atoms with Crippen LogP contribution in [0.2, 0.25) is 0 Å². The normalized spacial score (nSPS) is 15.0. The molecule has 2 aromatic heterocycles. The SMILES string of the molecule is CN1C(=O)COc2ccc(CN)cc21.Cc1c(C(=O)OC(C)(C)C)ccc2c1CC[C@@H]2NC(=O)c1cc(C(=O)O)nc2ccnn12.Cl. The number of carbonyl (C=O) groups excluding carboxylic acids is 3. The van der Waals surface area contributed by atoms with Crippen LogP contribution in [0.3, 0.4) is 0 Å².